The van der Waals surface area contributed by atoms with E-state index < -0.39 is 25.4 Å². The Morgan fingerprint density at radius 3 is 2.07 bits per heavy atom. The van der Waals surface area contributed by atoms with Gasteiger partial charge in [-0.05, 0) is 19.3 Å². The Balaban J connectivity index is 4.42. The van der Waals surface area contributed by atoms with Crippen LogP contribution in [0.5, 0.6) is 0 Å². The van der Waals surface area contributed by atoms with Gasteiger partial charge in [0.25, 0.3) is 0 Å². The van der Waals surface area contributed by atoms with E-state index in [0.717, 1.165) is 0 Å². The Kier molecular flexibility index (Phi) is 5.45. The first kappa shape index (κ1) is 14.6. The zero-order valence-electron chi connectivity index (χ0n) is 9.04. The lowest BCUT2D eigenvalue weighted by Gasteiger charge is -2.22. The van der Waals surface area contributed by atoms with Gasteiger partial charge in [-0.25, -0.2) is 0 Å². The Hall–Kier alpha value is -0.420. The quantitative estimate of drug-likeness (QED) is 0.505. The van der Waals surface area contributed by atoms with E-state index >= 15 is 0 Å². The largest absolute Gasteiger partial charge is 0.480 e. The lowest BCUT2D eigenvalue weighted by molar-refractivity contribution is -0.140. The molecule has 0 aromatic carbocycles. The van der Waals surface area contributed by atoms with Gasteiger partial charge in [0, 0.05) is 0 Å². The molecule has 1 unspecified atom stereocenters. The van der Waals surface area contributed by atoms with Gasteiger partial charge in [0.1, 0.15) is 11.8 Å². The van der Waals surface area contributed by atoms with Gasteiger partial charge in [0.05, 0.1) is 0 Å². The SMILES string of the molecule is CC(C)C[C@H](NC(C)P(=O)(O)O)C(=O)O. The first-order valence-corrected chi connectivity index (χ1v) is 6.36. The van der Waals surface area contributed by atoms with Crippen LogP contribution < -0.4 is 5.32 Å². The number of hydrogen-bond donors (Lipinski definition) is 4. The number of nitrogens with one attached hydrogen (secondary N) is 1. The van der Waals surface area contributed by atoms with E-state index in [9.17, 15) is 9.36 Å². The molecule has 0 aliphatic carbocycles. The monoisotopic (exact) mass is 239 g/mol. The summed E-state index contributed by atoms with van der Waals surface area (Å²) in [7, 11) is -4.27. The molecule has 0 radical (unpaired) electrons. The van der Waals surface area contributed by atoms with Crippen LogP contribution >= 0.6 is 7.60 Å². The normalized spacial score (nSPS) is 16.4. The van der Waals surface area contributed by atoms with Crippen LogP contribution in [0.1, 0.15) is 27.2 Å². The van der Waals surface area contributed by atoms with E-state index in [1.807, 2.05) is 13.8 Å². The maximum Gasteiger partial charge on any atom is 0.342 e. The predicted molar refractivity (Wildman–Crippen MR) is 55.5 cm³/mol. The summed E-state index contributed by atoms with van der Waals surface area (Å²) in [6.45, 7) is 4.97. The van der Waals surface area contributed by atoms with Crippen molar-refractivity contribution in [1.82, 2.24) is 5.32 Å². The first-order chi connectivity index (χ1) is 6.64. The standard InChI is InChI=1S/C8H18NO5P/c1-5(2)4-7(8(10)11)9-6(3)15(12,13)14/h5-7,9H,4H2,1-3H3,(H,10,11)(H2,12,13,14)/t6?,7-/m0/s1. The number of rotatable bonds is 6. The third-order valence-corrected chi connectivity index (χ3v) is 3.11. The highest BCUT2D eigenvalue weighted by Gasteiger charge is 2.29. The average molecular weight is 239 g/mol. The molecule has 0 heterocycles. The summed E-state index contributed by atoms with van der Waals surface area (Å²) in [5, 5.41) is 11.2. The van der Waals surface area contributed by atoms with Crippen molar-refractivity contribution in [3.63, 3.8) is 0 Å². The number of carboxylic acid groups (broad SMARTS) is 1. The van der Waals surface area contributed by atoms with Gasteiger partial charge in [0.2, 0.25) is 0 Å². The van der Waals surface area contributed by atoms with Crippen LogP contribution in [0.25, 0.3) is 0 Å². The second-order valence-electron chi connectivity index (χ2n) is 3.95. The molecule has 0 spiro atoms. The topological polar surface area (TPSA) is 107 Å². The molecule has 0 saturated heterocycles. The van der Waals surface area contributed by atoms with Crippen LogP contribution in [0, 0.1) is 5.92 Å². The molecular weight excluding hydrogens is 221 g/mol. The molecule has 0 aliphatic rings. The van der Waals surface area contributed by atoms with E-state index in [-0.39, 0.29) is 5.92 Å². The van der Waals surface area contributed by atoms with Gasteiger partial charge in [-0.1, -0.05) is 13.8 Å². The summed E-state index contributed by atoms with van der Waals surface area (Å²) >= 11 is 0. The third kappa shape index (κ3) is 5.89. The minimum absolute atomic E-state index is 0.141. The van der Waals surface area contributed by atoms with Crippen LogP contribution in [0.15, 0.2) is 0 Å². The maximum atomic E-state index is 10.8. The number of carbonyl (C=O) groups is 1. The molecule has 0 saturated carbocycles. The highest BCUT2D eigenvalue weighted by atomic mass is 31.2. The second kappa shape index (κ2) is 5.61. The van der Waals surface area contributed by atoms with E-state index in [2.05, 4.69) is 5.32 Å². The van der Waals surface area contributed by atoms with Crippen LogP contribution in [-0.2, 0) is 9.36 Å². The minimum atomic E-state index is -4.27. The number of carboxylic acids is 1. The van der Waals surface area contributed by atoms with Gasteiger partial charge < -0.3 is 14.9 Å². The molecule has 4 N–H and O–H groups in total. The van der Waals surface area contributed by atoms with Gasteiger partial charge in [0.15, 0.2) is 0 Å². The molecule has 0 amide bonds. The average Bonchev–Trinajstić information content (AvgIpc) is 1.99. The molecule has 0 aliphatic heterocycles. The van der Waals surface area contributed by atoms with Gasteiger partial charge in [-0.3, -0.25) is 14.7 Å². The van der Waals surface area contributed by atoms with E-state index in [4.69, 9.17) is 14.9 Å². The summed E-state index contributed by atoms with van der Waals surface area (Å²) in [5.41, 5.74) is 0. The summed E-state index contributed by atoms with van der Waals surface area (Å²) in [4.78, 5) is 28.4. The fourth-order valence-corrected chi connectivity index (χ4v) is 1.47. The fourth-order valence-electron chi connectivity index (χ4n) is 1.10. The van der Waals surface area contributed by atoms with Gasteiger partial charge in [-0.15, -0.1) is 0 Å². The molecule has 6 nitrogen and oxygen atoms in total. The van der Waals surface area contributed by atoms with E-state index in [1.54, 1.807) is 0 Å². The predicted octanol–water partition coefficient (Wildman–Crippen LogP) is 0.599. The number of hydrogen-bond acceptors (Lipinski definition) is 3. The molecule has 0 rings (SSSR count). The van der Waals surface area contributed by atoms with Crippen molar-refractivity contribution in [1.29, 1.82) is 0 Å². The molecular formula is C8H18NO5P. The molecule has 2 atom stereocenters. The zero-order valence-corrected chi connectivity index (χ0v) is 9.94. The van der Waals surface area contributed by atoms with Crippen LogP contribution in [0.3, 0.4) is 0 Å². The summed E-state index contributed by atoms with van der Waals surface area (Å²) in [6, 6.07) is -0.923. The number of aliphatic carboxylic acids is 1. The van der Waals surface area contributed by atoms with Crippen molar-refractivity contribution < 1.29 is 24.3 Å². The Labute approximate surface area is 88.9 Å². The Morgan fingerprint density at radius 2 is 1.80 bits per heavy atom. The second-order valence-corrected chi connectivity index (χ2v) is 5.90. The van der Waals surface area contributed by atoms with Crippen molar-refractivity contribution in [3.05, 3.63) is 0 Å². The van der Waals surface area contributed by atoms with Crippen molar-refractivity contribution in [2.45, 2.75) is 39.0 Å². The van der Waals surface area contributed by atoms with Crippen molar-refractivity contribution in [2.75, 3.05) is 0 Å². The van der Waals surface area contributed by atoms with Crippen molar-refractivity contribution in [2.24, 2.45) is 5.92 Å². The summed E-state index contributed by atoms with van der Waals surface area (Å²) in [5.74, 6) is -2.09. The smallest absolute Gasteiger partial charge is 0.342 e. The van der Waals surface area contributed by atoms with Crippen LogP contribution in [0.2, 0.25) is 0 Å². The maximum absolute atomic E-state index is 10.8. The van der Waals surface area contributed by atoms with Gasteiger partial charge in [-0.2, -0.15) is 0 Å². The third-order valence-electron chi connectivity index (χ3n) is 1.95. The lowest BCUT2D eigenvalue weighted by atomic mass is 10.0. The van der Waals surface area contributed by atoms with Crippen LogP contribution in [-0.4, -0.2) is 32.7 Å². The van der Waals surface area contributed by atoms with Gasteiger partial charge >= 0.3 is 13.6 Å². The van der Waals surface area contributed by atoms with Crippen molar-refractivity contribution in [3.8, 4) is 0 Å². The summed E-state index contributed by atoms with van der Waals surface area (Å²) < 4.78 is 10.8. The molecule has 0 bridgehead atoms. The molecule has 0 aromatic rings. The highest BCUT2D eigenvalue weighted by molar-refractivity contribution is 7.52. The molecule has 0 fully saturated rings. The summed E-state index contributed by atoms with van der Waals surface area (Å²) in [6.07, 6.45) is 0.333. The van der Waals surface area contributed by atoms with Crippen molar-refractivity contribution >= 4 is 13.6 Å². The fraction of sp³-hybridized carbons (Fsp3) is 0.875. The zero-order chi connectivity index (χ0) is 12.2. The van der Waals surface area contributed by atoms with E-state index in [1.165, 1.54) is 6.92 Å². The van der Waals surface area contributed by atoms with E-state index in [0.29, 0.717) is 6.42 Å². The Bertz CT molecular complexity index is 262. The molecule has 7 heteroatoms. The molecule has 0 aromatic heterocycles. The first-order valence-electron chi connectivity index (χ1n) is 4.68. The molecule has 90 valence electrons. The highest BCUT2D eigenvalue weighted by Crippen LogP contribution is 2.39. The minimum Gasteiger partial charge on any atom is -0.480 e. The Morgan fingerprint density at radius 1 is 1.33 bits per heavy atom. The lowest BCUT2D eigenvalue weighted by Crippen LogP contribution is -2.42. The molecule has 15 heavy (non-hydrogen) atoms. The van der Waals surface area contributed by atoms with Crippen LogP contribution in [0.4, 0.5) is 0 Å².